The highest BCUT2D eigenvalue weighted by Crippen LogP contribution is 2.13. The first-order valence-corrected chi connectivity index (χ1v) is 6.29. The van der Waals surface area contributed by atoms with Crippen LogP contribution in [0.2, 0.25) is 0 Å². The number of aromatic nitrogens is 2. The highest BCUT2D eigenvalue weighted by Gasteiger charge is 2.22. The molecule has 0 bridgehead atoms. The van der Waals surface area contributed by atoms with Gasteiger partial charge in [0.15, 0.2) is 5.82 Å². The average molecular weight is 309 g/mol. The van der Waals surface area contributed by atoms with E-state index in [9.17, 15) is 0 Å². The number of halogens is 1. The van der Waals surface area contributed by atoms with Crippen LogP contribution in [0.3, 0.4) is 0 Å². The minimum absolute atomic E-state index is 0. The van der Waals surface area contributed by atoms with Gasteiger partial charge < -0.3 is 19.7 Å². The summed E-state index contributed by atoms with van der Waals surface area (Å²) in [7, 11) is 3.35. The maximum atomic E-state index is 5.92. The molecule has 0 spiro atoms. The van der Waals surface area contributed by atoms with Gasteiger partial charge in [0.2, 0.25) is 5.89 Å². The first-order chi connectivity index (χ1) is 8.97. The number of rotatable bonds is 9. The van der Waals surface area contributed by atoms with Gasteiger partial charge in [0.1, 0.15) is 0 Å². The predicted octanol–water partition coefficient (Wildman–Crippen LogP) is 0.780. The molecule has 118 valence electrons. The van der Waals surface area contributed by atoms with Crippen molar-refractivity contribution in [3.8, 4) is 0 Å². The number of nitrogens with zero attached hydrogens (tertiary/aromatic N) is 3. The lowest BCUT2D eigenvalue weighted by molar-refractivity contribution is 0.103. The Balaban J connectivity index is 0.00000361. The summed E-state index contributed by atoms with van der Waals surface area (Å²) < 4.78 is 15.4. The molecule has 20 heavy (non-hydrogen) atoms. The molecule has 0 saturated heterocycles. The lowest BCUT2D eigenvalue weighted by Gasteiger charge is -2.19. The fraction of sp³-hybridized carbons (Fsp3) is 0.833. The van der Waals surface area contributed by atoms with E-state index in [1.165, 1.54) is 0 Å². The molecule has 1 aromatic heterocycles. The van der Waals surface area contributed by atoms with Crippen LogP contribution in [-0.4, -0.2) is 55.6 Å². The summed E-state index contributed by atoms with van der Waals surface area (Å²) >= 11 is 0. The minimum Gasteiger partial charge on any atom is -0.383 e. The van der Waals surface area contributed by atoms with Gasteiger partial charge in [-0.3, -0.25) is 4.90 Å². The second-order valence-corrected chi connectivity index (χ2v) is 5.00. The Bertz CT molecular complexity index is 360. The van der Waals surface area contributed by atoms with Crippen LogP contribution >= 0.6 is 12.4 Å². The smallest absolute Gasteiger partial charge is 0.240 e. The van der Waals surface area contributed by atoms with Crippen LogP contribution in [0, 0.1) is 0 Å². The Hall–Kier alpha value is -0.730. The van der Waals surface area contributed by atoms with E-state index in [0.29, 0.717) is 31.5 Å². The van der Waals surface area contributed by atoms with Crippen molar-refractivity contribution in [1.29, 1.82) is 0 Å². The number of ether oxygens (including phenoxy) is 2. The first-order valence-electron chi connectivity index (χ1n) is 6.29. The highest BCUT2D eigenvalue weighted by molar-refractivity contribution is 5.85. The fourth-order valence-electron chi connectivity index (χ4n) is 1.48. The van der Waals surface area contributed by atoms with Crippen LogP contribution in [0.5, 0.6) is 0 Å². The summed E-state index contributed by atoms with van der Waals surface area (Å²) in [5.41, 5.74) is 5.33. The molecule has 0 aliphatic rings. The normalized spacial score (nSPS) is 11.7. The molecule has 0 aromatic carbocycles. The molecule has 0 aliphatic carbocycles. The summed E-state index contributed by atoms with van der Waals surface area (Å²) in [4.78, 5) is 6.44. The molecule has 0 fully saturated rings. The van der Waals surface area contributed by atoms with Crippen molar-refractivity contribution in [1.82, 2.24) is 15.0 Å². The van der Waals surface area contributed by atoms with Crippen LogP contribution in [-0.2, 0) is 21.6 Å². The van der Waals surface area contributed by atoms with Crippen LogP contribution in [0.1, 0.15) is 25.6 Å². The molecule has 0 amide bonds. The summed E-state index contributed by atoms with van der Waals surface area (Å²) in [6.45, 7) is 7.10. The number of hydrogen-bond donors (Lipinski definition) is 1. The highest BCUT2D eigenvalue weighted by atomic mass is 35.5. The largest absolute Gasteiger partial charge is 0.383 e. The lowest BCUT2D eigenvalue weighted by Crippen LogP contribution is -2.31. The Kier molecular flexibility index (Phi) is 8.91. The summed E-state index contributed by atoms with van der Waals surface area (Å²) in [5.74, 6) is 1.07. The van der Waals surface area contributed by atoms with Crippen molar-refractivity contribution >= 4 is 12.4 Å². The Labute approximate surface area is 126 Å². The van der Waals surface area contributed by atoms with Gasteiger partial charge in [-0.1, -0.05) is 5.16 Å². The molecular formula is C12H25ClN4O3. The second-order valence-electron chi connectivity index (χ2n) is 5.00. The van der Waals surface area contributed by atoms with Crippen LogP contribution in [0.15, 0.2) is 4.52 Å². The van der Waals surface area contributed by atoms with E-state index in [4.69, 9.17) is 19.7 Å². The molecule has 8 heteroatoms. The molecular weight excluding hydrogens is 284 g/mol. The Morgan fingerprint density at radius 1 is 1.20 bits per heavy atom. The van der Waals surface area contributed by atoms with Gasteiger partial charge in [0, 0.05) is 27.3 Å². The van der Waals surface area contributed by atoms with Gasteiger partial charge in [0.05, 0.1) is 25.3 Å². The first kappa shape index (κ1) is 19.3. The fourth-order valence-corrected chi connectivity index (χ4v) is 1.48. The van der Waals surface area contributed by atoms with Gasteiger partial charge in [-0.15, -0.1) is 12.4 Å². The zero-order valence-electron chi connectivity index (χ0n) is 12.6. The second kappa shape index (κ2) is 9.25. The molecule has 0 saturated carbocycles. The standard InChI is InChI=1S/C12H24N4O3.ClH/c1-12(2,13)11-14-10(19-15-11)9-16(5-7-17-3)6-8-18-4;/h5-9,13H2,1-4H3;1H. The molecule has 7 nitrogen and oxygen atoms in total. The summed E-state index contributed by atoms with van der Waals surface area (Å²) in [5, 5.41) is 3.90. The molecule has 1 rings (SSSR count). The van der Waals surface area contributed by atoms with Crippen molar-refractivity contribution in [2.75, 3.05) is 40.5 Å². The molecule has 0 atom stereocenters. The van der Waals surface area contributed by atoms with Gasteiger partial charge >= 0.3 is 0 Å². The molecule has 0 aliphatic heterocycles. The summed E-state index contributed by atoms with van der Waals surface area (Å²) in [6, 6.07) is 0. The third kappa shape index (κ3) is 6.62. The number of nitrogens with two attached hydrogens (primary N) is 1. The van der Waals surface area contributed by atoms with Gasteiger partial charge in [0.25, 0.3) is 0 Å². The minimum atomic E-state index is -0.592. The van der Waals surface area contributed by atoms with E-state index in [2.05, 4.69) is 15.0 Å². The number of hydrogen-bond acceptors (Lipinski definition) is 7. The van der Waals surface area contributed by atoms with Crippen LogP contribution < -0.4 is 5.73 Å². The van der Waals surface area contributed by atoms with Gasteiger partial charge in [-0.2, -0.15) is 4.98 Å². The van der Waals surface area contributed by atoms with Crippen molar-refractivity contribution in [3.63, 3.8) is 0 Å². The SMILES string of the molecule is COCCN(CCOC)Cc1nc(C(C)(C)N)no1.Cl. The Morgan fingerprint density at radius 3 is 2.15 bits per heavy atom. The zero-order chi connectivity index (χ0) is 14.3. The van der Waals surface area contributed by atoms with E-state index >= 15 is 0 Å². The zero-order valence-corrected chi connectivity index (χ0v) is 13.4. The predicted molar refractivity (Wildman–Crippen MR) is 77.8 cm³/mol. The van der Waals surface area contributed by atoms with Gasteiger partial charge in [-0.05, 0) is 13.8 Å². The van der Waals surface area contributed by atoms with Crippen molar-refractivity contribution in [3.05, 3.63) is 11.7 Å². The third-order valence-electron chi connectivity index (χ3n) is 2.63. The van der Waals surface area contributed by atoms with E-state index < -0.39 is 5.54 Å². The van der Waals surface area contributed by atoms with Crippen LogP contribution in [0.4, 0.5) is 0 Å². The maximum Gasteiger partial charge on any atom is 0.240 e. The van der Waals surface area contributed by atoms with E-state index in [0.717, 1.165) is 13.1 Å². The van der Waals surface area contributed by atoms with Crippen molar-refractivity contribution in [2.45, 2.75) is 25.9 Å². The van der Waals surface area contributed by atoms with Crippen LogP contribution in [0.25, 0.3) is 0 Å². The van der Waals surface area contributed by atoms with E-state index in [-0.39, 0.29) is 12.4 Å². The molecule has 2 N–H and O–H groups in total. The monoisotopic (exact) mass is 308 g/mol. The molecule has 0 unspecified atom stereocenters. The van der Waals surface area contributed by atoms with Gasteiger partial charge in [-0.25, -0.2) is 0 Å². The Morgan fingerprint density at radius 2 is 1.75 bits per heavy atom. The van der Waals surface area contributed by atoms with E-state index in [1.807, 2.05) is 13.8 Å². The molecule has 0 radical (unpaired) electrons. The van der Waals surface area contributed by atoms with E-state index in [1.54, 1.807) is 14.2 Å². The third-order valence-corrected chi connectivity index (χ3v) is 2.63. The summed E-state index contributed by atoms with van der Waals surface area (Å²) in [6.07, 6.45) is 0. The lowest BCUT2D eigenvalue weighted by atomic mass is 10.1. The molecule has 1 heterocycles. The molecule has 1 aromatic rings. The maximum absolute atomic E-state index is 5.92. The quantitative estimate of drug-likeness (QED) is 0.721. The van der Waals surface area contributed by atoms with Crippen molar-refractivity contribution in [2.24, 2.45) is 5.73 Å². The average Bonchev–Trinajstić information content (AvgIpc) is 2.81. The number of methoxy groups -OCH3 is 2. The van der Waals surface area contributed by atoms with Crippen molar-refractivity contribution < 1.29 is 14.0 Å². The topological polar surface area (TPSA) is 86.6 Å².